The summed E-state index contributed by atoms with van der Waals surface area (Å²) in [5, 5.41) is 7.18. The molecule has 0 aliphatic carbocycles. The normalized spacial score (nSPS) is 10.1. The van der Waals surface area contributed by atoms with E-state index in [1.54, 1.807) is 25.3 Å². The molecule has 0 amide bonds. The molecule has 3 N–H and O–H groups in total. The summed E-state index contributed by atoms with van der Waals surface area (Å²) in [5.41, 5.74) is 6.85. The molecule has 1 aromatic carbocycles. The van der Waals surface area contributed by atoms with Crippen LogP contribution in [0.5, 0.6) is 5.75 Å². The van der Waals surface area contributed by atoms with Gasteiger partial charge in [0, 0.05) is 11.8 Å². The van der Waals surface area contributed by atoms with Crippen molar-refractivity contribution < 1.29 is 4.74 Å². The summed E-state index contributed by atoms with van der Waals surface area (Å²) in [5.74, 6) is 0.595. The van der Waals surface area contributed by atoms with Gasteiger partial charge in [-0.1, -0.05) is 0 Å². The van der Waals surface area contributed by atoms with Gasteiger partial charge < -0.3 is 15.8 Å². The van der Waals surface area contributed by atoms with Crippen LogP contribution in [0.4, 0.5) is 5.69 Å². The lowest BCUT2D eigenvalue weighted by molar-refractivity contribution is 0.412. The zero-order valence-corrected chi connectivity index (χ0v) is 11.0. The van der Waals surface area contributed by atoms with E-state index < -0.39 is 0 Å². The first-order chi connectivity index (χ1) is 8.60. The molecular weight excluding hydrogens is 274 g/mol. The second-order valence-electron chi connectivity index (χ2n) is 3.33. The second-order valence-corrected chi connectivity index (χ2v) is 4.11. The van der Waals surface area contributed by atoms with E-state index in [1.165, 1.54) is 11.0 Å². The largest absolute Gasteiger partial charge is 0.494 e. The quantitative estimate of drug-likeness (QED) is 0.833. The van der Waals surface area contributed by atoms with Crippen LogP contribution in [0, 0.1) is 0 Å². The summed E-state index contributed by atoms with van der Waals surface area (Å²) in [6.45, 7) is 0. The van der Waals surface area contributed by atoms with Gasteiger partial charge in [-0.2, -0.15) is 0 Å². The van der Waals surface area contributed by atoms with Crippen LogP contribution in [0.2, 0.25) is 5.28 Å². The Morgan fingerprint density at radius 1 is 1.56 bits per heavy atom. The van der Waals surface area contributed by atoms with Crippen LogP contribution in [0.15, 0.2) is 24.5 Å². The first-order valence-corrected chi connectivity index (χ1v) is 5.71. The number of thiocarbonyl (C=S) groups is 1. The molecule has 0 aliphatic rings. The Morgan fingerprint density at radius 2 is 2.33 bits per heavy atom. The highest BCUT2D eigenvalue weighted by Crippen LogP contribution is 2.26. The number of nitrogens with zero attached hydrogens (tertiary/aromatic N) is 3. The third-order valence-corrected chi connectivity index (χ3v) is 2.43. The molecule has 2 aromatic rings. The van der Waals surface area contributed by atoms with Crippen molar-refractivity contribution in [3.05, 3.63) is 29.8 Å². The number of hydrogen-bond acceptors (Lipinski definition) is 4. The number of methoxy groups -OCH3 is 1. The molecule has 0 aliphatic heterocycles. The van der Waals surface area contributed by atoms with Crippen LogP contribution < -0.4 is 15.8 Å². The number of hydrogen-bond donors (Lipinski definition) is 2. The molecule has 18 heavy (non-hydrogen) atoms. The molecule has 0 saturated heterocycles. The number of rotatable bonds is 3. The molecule has 2 rings (SSSR count). The highest BCUT2D eigenvalue weighted by Gasteiger charge is 2.08. The van der Waals surface area contributed by atoms with Crippen LogP contribution in [0.3, 0.4) is 0 Å². The molecule has 1 heterocycles. The molecule has 94 valence electrons. The number of halogens is 1. The fraction of sp³-hybridized carbons (Fsp3) is 0.100. The average Bonchev–Trinajstić information content (AvgIpc) is 2.74. The van der Waals surface area contributed by atoms with E-state index in [2.05, 4.69) is 15.4 Å². The van der Waals surface area contributed by atoms with Crippen molar-refractivity contribution in [3.63, 3.8) is 0 Å². The average molecular weight is 284 g/mol. The Labute approximate surface area is 114 Å². The summed E-state index contributed by atoms with van der Waals surface area (Å²) in [6, 6.07) is 5.35. The fourth-order valence-corrected chi connectivity index (χ4v) is 1.69. The van der Waals surface area contributed by atoms with Gasteiger partial charge in [0.25, 0.3) is 0 Å². The minimum absolute atomic E-state index is 0.169. The van der Waals surface area contributed by atoms with Crippen molar-refractivity contribution in [2.24, 2.45) is 5.73 Å². The van der Waals surface area contributed by atoms with E-state index in [4.69, 9.17) is 34.3 Å². The highest BCUT2D eigenvalue weighted by atomic mass is 35.5. The first kappa shape index (κ1) is 12.6. The number of nitrogens with one attached hydrogen (secondary N) is 1. The molecule has 6 nitrogen and oxygen atoms in total. The Balaban J connectivity index is 2.40. The predicted molar refractivity (Wildman–Crippen MR) is 73.3 cm³/mol. The molecule has 0 fully saturated rings. The lowest BCUT2D eigenvalue weighted by atomic mass is 10.2. The summed E-state index contributed by atoms with van der Waals surface area (Å²) >= 11 is 10.4. The van der Waals surface area contributed by atoms with Gasteiger partial charge in [0.2, 0.25) is 5.28 Å². The van der Waals surface area contributed by atoms with E-state index in [1.807, 2.05) is 0 Å². The molecule has 0 unspecified atom stereocenters. The zero-order valence-electron chi connectivity index (χ0n) is 9.42. The van der Waals surface area contributed by atoms with E-state index in [9.17, 15) is 0 Å². The Kier molecular flexibility index (Phi) is 3.63. The van der Waals surface area contributed by atoms with Gasteiger partial charge in [-0.3, -0.25) is 0 Å². The lowest BCUT2D eigenvalue weighted by Crippen LogP contribution is -2.18. The summed E-state index contributed by atoms with van der Waals surface area (Å²) in [6.07, 6.45) is 1.50. The van der Waals surface area contributed by atoms with Crippen LogP contribution in [-0.4, -0.2) is 27.0 Å². The van der Waals surface area contributed by atoms with E-state index in [-0.39, 0.29) is 10.4 Å². The van der Waals surface area contributed by atoms with E-state index in [0.717, 1.165) is 5.69 Å². The van der Waals surface area contributed by atoms with Gasteiger partial charge in [0.05, 0.1) is 7.11 Å². The summed E-state index contributed by atoms with van der Waals surface area (Å²) in [4.78, 5) is 3.84. The minimum atomic E-state index is 0.169. The number of aromatic nitrogens is 3. The third-order valence-electron chi connectivity index (χ3n) is 2.16. The monoisotopic (exact) mass is 283 g/mol. The zero-order chi connectivity index (χ0) is 13.1. The first-order valence-electron chi connectivity index (χ1n) is 4.92. The van der Waals surface area contributed by atoms with Crippen molar-refractivity contribution in [1.82, 2.24) is 14.8 Å². The van der Waals surface area contributed by atoms with Gasteiger partial charge in [-0.15, -0.1) is 5.10 Å². The lowest BCUT2D eigenvalue weighted by Gasteiger charge is -2.10. The van der Waals surface area contributed by atoms with Crippen LogP contribution >= 0.6 is 23.8 Å². The molecule has 0 saturated carbocycles. The fourth-order valence-electron chi connectivity index (χ4n) is 1.45. The van der Waals surface area contributed by atoms with Gasteiger partial charge >= 0.3 is 0 Å². The molecule has 0 bridgehead atoms. The van der Waals surface area contributed by atoms with Crippen molar-refractivity contribution in [1.29, 1.82) is 0 Å². The van der Waals surface area contributed by atoms with Crippen LogP contribution in [0.25, 0.3) is 5.69 Å². The standard InChI is InChI=1S/C10H10ClN5OS/c1-17-8-4-6(14-10(12)18)2-3-7(8)16-5-13-9(11)15-16/h2-5H,1H3,(H3,12,14,18). The van der Waals surface area contributed by atoms with Crippen LogP contribution in [0.1, 0.15) is 0 Å². The Morgan fingerprint density at radius 3 is 2.89 bits per heavy atom. The topological polar surface area (TPSA) is 78.0 Å². The van der Waals surface area contributed by atoms with Gasteiger partial charge in [-0.05, 0) is 36.0 Å². The Bertz CT molecular complexity index is 585. The molecule has 1 aromatic heterocycles. The van der Waals surface area contributed by atoms with E-state index in [0.29, 0.717) is 11.4 Å². The maximum atomic E-state index is 5.68. The van der Waals surface area contributed by atoms with E-state index >= 15 is 0 Å². The predicted octanol–water partition coefficient (Wildman–Crippen LogP) is 1.58. The molecule has 0 spiro atoms. The minimum Gasteiger partial charge on any atom is -0.494 e. The molecule has 0 atom stereocenters. The summed E-state index contributed by atoms with van der Waals surface area (Å²) < 4.78 is 6.80. The van der Waals surface area contributed by atoms with Crippen molar-refractivity contribution in [2.45, 2.75) is 0 Å². The summed E-state index contributed by atoms with van der Waals surface area (Å²) in [7, 11) is 1.56. The van der Waals surface area contributed by atoms with Gasteiger partial charge in [0.15, 0.2) is 5.11 Å². The highest BCUT2D eigenvalue weighted by molar-refractivity contribution is 7.80. The number of ether oxygens (including phenoxy) is 1. The van der Waals surface area contributed by atoms with Gasteiger partial charge in [-0.25, -0.2) is 9.67 Å². The SMILES string of the molecule is COc1cc(NC(N)=S)ccc1-n1cnc(Cl)n1. The molecule has 0 radical (unpaired) electrons. The number of benzene rings is 1. The van der Waals surface area contributed by atoms with Crippen molar-refractivity contribution >= 4 is 34.6 Å². The smallest absolute Gasteiger partial charge is 0.242 e. The number of nitrogens with two attached hydrogens (primary N) is 1. The second kappa shape index (κ2) is 5.19. The maximum absolute atomic E-state index is 5.68. The Hall–Kier alpha value is -1.86. The van der Waals surface area contributed by atoms with Gasteiger partial charge in [0.1, 0.15) is 17.8 Å². The van der Waals surface area contributed by atoms with Crippen LogP contribution in [-0.2, 0) is 0 Å². The molecule has 8 heteroatoms. The third kappa shape index (κ3) is 2.69. The maximum Gasteiger partial charge on any atom is 0.242 e. The molecular formula is C10H10ClN5OS. The van der Waals surface area contributed by atoms with Crippen molar-refractivity contribution in [2.75, 3.05) is 12.4 Å². The van der Waals surface area contributed by atoms with Crippen molar-refractivity contribution in [3.8, 4) is 11.4 Å². The number of anilines is 1.